The number of rotatable bonds is 35. The van der Waals surface area contributed by atoms with Crippen molar-refractivity contribution in [2.24, 2.45) is 0 Å². The van der Waals surface area contributed by atoms with Crippen LogP contribution in [0.25, 0.3) is 0 Å². The van der Waals surface area contributed by atoms with Gasteiger partial charge in [0.15, 0.2) is 0 Å². The molecule has 0 N–H and O–H groups in total. The number of carbonyl (C=O) groups is 2. The molecule has 0 amide bonds. The van der Waals surface area contributed by atoms with E-state index >= 15 is 0 Å². The van der Waals surface area contributed by atoms with Gasteiger partial charge in [-0.2, -0.15) is 0 Å². The SMILES string of the molecule is C.CCCCCCCCCCCCCCCCC=COC(=O)CCC(=O)OC=CCCCCCCCCCCCCCCCC. The zero-order valence-electron chi connectivity index (χ0n) is 29.6. The van der Waals surface area contributed by atoms with Crippen LogP contribution in [0.3, 0.4) is 0 Å². The largest absolute Gasteiger partial charge is 0.435 e. The Morgan fingerprint density at radius 2 is 0.600 bits per heavy atom. The van der Waals surface area contributed by atoms with E-state index in [0.29, 0.717) is 0 Å². The maximum Gasteiger partial charge on any atom is 0.311 e. The minimum absolute atomic E-state index is 0. The summed E-state index contributed by atoms with van der Waals surface area (Å²) in [6, 6.07) is 0. The van der Waals surface area contributed by atoms with Crippen molar-refractivity contribution < 1.29 is 19.1 Å². The molecule has 0 aromatic heterocycles. The first-order chi connectivity index (χ1) is 21.7. The first-order valence-corrected chi connectivity index (χ1v) is 19.4. The highest BCUT2D eigenvalue weighted by Gasteiger charge is 2.07. The van der Waals surface area contributed by atoms with Crippen LogP contribution in [0.15, 0.2) is 24.7 Å². The van der Waals surface area contributed by atoms with Crippen molar-refractivity contribution in [3.8, 4) is 0 Å². The Bertz CT molecular complexity index is 598. The summed E-state index contributed by atoms with van der Waals surface area (Å²) in [6.45, 7) is 4.55. The van der Waals surface area contributed by atoms with E-state index in [0.717, 1.165) is 25.7 Å². The number of allylic oxidation sites excluding steroid dienone is 2. The number of hydrogen-bond donors (Lipinski definition) is 0. The van der Waals surface area contributed by atoms with E-state index in [4.69, 9.17) is 9.47 Å². The van der Waals surface area contributed by atoms with Crippen LogP contribution in [0.5, 0.6) is 0 Å². The Morgan fingerprint density at radius 1 is 0.378 bits per heavy atom. The average molecular weight is 635 g/mol. The molecule has 0 aliphatic heterocycles. The van der Waals surface area contributed by atoms with Crippen LogP contribution in [0.4, 0.5) is 0 Å². The summed E-state index contributed by atoms with van der Waals surface area (Å²) >= 11 is 0. The van der Waals surface area contributed by atoms with Crippen LogP contribution < -0.4 is 0 Å². The molecule has 0 aliphatic rings. The van der Waals surface area contributed by atoms with Crippen LogP contribution >= 0.6 is 0 Å². The molecule has 0 saturated heterocycles. The second-order valence-corrected chi connectivity index (χ2v) is 13.0. The molecule has 0 fully saturated rings. The number of unbranched alkanes of at least 4 members (excludes halogenated alkanes) is 28. The van der Waals surface area contributed by atoms with Gasteiger partial charge in [0.2, 0.25) is 0 Å². The lowest BCUT2D eigenvalue weighted by Crippen LogP contribution is -2.06. The van der Waals surface area contributed by atoms with Gasteiger partial charge in [0.05, 0.1) is 25.4 Å². The first kappa shape index (κ1) is 45.5. The van der Waals surface area contributed by atoms with Crippen molar-refractivity contribution in [2.45, 2.75) is 227 Å². The molecular weight excluding hydrogens is 556 g/mol. The first-order valence-electron chi connectivity index (χ1n) is 19.4. The van der Waals surface area contributed by atoms with Crippen LogP contribution in [-0.2, 0) is 19.1 Å². The standard InChI is InChI=1S/C40H74O4.CH4/c1-3-5-7-9-11-13-15-17-19-21-23-25-27-29-31-33-37-43-39(41)35-36-40(42)44-38-34-32-30-28-26-24-22-20-18-16-14-12-10-8-6-4-2;/h33-34,37-38H,3-32,35-36H2,1-2H3;1H4. The molecule has 0 aliphatic carbocycles. The van der Waals surface area contributed by atoms with Gasteiger partial charge >= 0.3 is 11.9 Å². The molecule has 0 heterocycles. The van der Waals surface area contributed by atoms with Gasteiger partial charge in [0.25, 0.3) is 0 Å². The Kier molecular flexibility index (Phi) is 40.9. The van der Waals surface area contributed by atoms with Gasteiger partial charge in [-0.1, -0.05) is 188 Å². The molecule has 45 heavy (non-hydrogen) atoms. The van der Waals surface area contributed by atoms with E-state index in [1.807, 2.05) is 12.2 Å². The van der Waals surface area contributed by atoms with E-state index in [1.54, 1.807) is 0 Å². The van der Waals surface area contributed by atoms with Gasteiger partial charge in [-0.25, -0.2) is 0 Å². The number of carbonyl (C=O) groups excluding carboxylic acids is 2. The van der Waals surface area contributed by atoms with Gasteiger partial charge in [0.1, 0.15) is 0 Å². The van der Waals surface area contributed by atoms with E-state index in [1.165, 1.54) is 179 Å². The molecule has 4 nitrogen and oxygen atoms in total. The van der Waals surface area contributed by atoms with Crippen LogP contribution in [0.1, 0.15) is 227 Å². The van der Waals surface area contributed by atoms with E-state index in [-0.39, 0.29) is 32.2 Å². The highest BCUT2D eigenvalue weighted by molar-refractivity contribution is 5.78. The second kappa shape index (κ2) is 40.4. The number of ether oxygens (including phenoxy) is 2. The van der Waals surface area contributed by atoms with Gasteiger partial charge in [-0.05, 0) is 37.8 Å². The molecular formula is C41H78O4. The molecule has 0 rings (SSSR count). The van der Waals surface area contributed by atoms with Crippen LogP contribution in [0, 0.1) is 0 Å². The summed E-state index contributed by atoms with van der Waals surface area (Å²) in [4.78, 5) is 23.7. The number of esters is 2. The summed E-state index contributed by atoms with van der Waals surface area (Å²) in [5.74, 6) is -0.768. The van der Waals surface area contributed by atoms with Crippen molar-refractivity contribution in [1.29, 1.82) is 0 Å². The van der Waals surface area contributed by atoms with Crippen molar-refractivity contribution >= 4 is 11.9 Å². The average Bonchev–Trinajstić information content (AvgIpc) is 3.03. The summed E-state index contributed by atoms with van der Waals surface area (Å²) in [5.41, 5.74) is 0. The molecule has 0 aromatic rings. The molecule has 0 bridgehead atoms. The smallest absolute Gasteiger partial charge is 0.311 e. The maximum atomic E-state index is 11.8. The molecule has 4 heteroatoms. The maximum absolute atomic E-state index is 11.8. The molecule has 266 valence electrons. The minimum atomic E-state index is -0.384. The Hall–Kier alpha value is -1.58. The Labute approximate surface area is 282 Å². The summed E-state index contributed by atoms with van der Waals surface area (Å²) in [5, 5.41) is 0. The third kappa shape index (κ3) is 40.4. The molecule has 0 unspecified atom stereocenters. The lowest BCUT2D eigenvalue weighted by molar-refractivity contribution is -0.144. The van der Waals surface area contributed by atoms with Crippen molar-refractivity contribution in [1.82, 2.24) is 0 Å². The highest BCUT2D eigenvalue weighted by atomic mass is 16.5. The summed E-state index contributed by atoms with van der Waals surface area (Å²) in [6.07, 6.45) is 46.7. The van der Waals surface area contributed by atoms with E-state index in [2.05, 4.69) is 13.8 Å². The van der Waals surface area contributed by atoms with Crippen molar-refractivity contribution in [2.75, 3.05) is 0 Å². The van der Waals surface area contributed by atoms with Crippen molar-refractivity contribution in [3.05, 3.63) is 24.7 Å². The minimum Gasteiger partial charge on any atom is -0.435 e. The highest BCUT2D eigenvalue weighted by Crippen LogP contribution is 2.15. The van der Waals surface area contributed by atoms with Gasteiger partial charge in [0, 0.05) is 0 Å². The predicted molar refractivity (Wildman–Crippen MR) is 196 cm³/mol. The van der Waals surface area contributed by atoms with E-state index in [9.17, 15) is 9.59 Å². The van der Waals surface area contributed by atoms with Crippen LogP contribution in [-0.4, -0.2) is 11.9 Å². The van der Waals surface area contributed by atoms with E-state index < -0.39 is 0 Å². The zero-order chi connectivity index (χ0) is 32.0. The monoisotopic (exact) mass is 635 g/mol. The fraction of sp³-hybridized carbons (Fsp3) is 0.854. The van der Waals surface area contributed by atoms with Gasteiger partial charge in [-0.15, -0.1) is 0 Å². The predicted octanol–water partition coefficient (Wildman–Crippen LogP) is 14.3. The Balaban J connectivity index is 0. The van der Waals surface area contributed by atoms with Crippen LogP contribution in [0.2, 0.25) is 0 Å². The van der Waals surface area contributed by atoms with Crippen molar-refractivity contribution in [3.63, 3.8) is 0 Å². The summed E-state index contributed by atoms with van der Waals surface area (Å²) < 4.78 is 10.2. The Morgan fingerprint density at radius 3 is 0.844 bits per heavy atom. The van der Waals surface area contributed by atoms with Gasteiger partial charge < -0.3 is 9.47 Å². The quantitative estimate of drug-likeness (QED) is 0.0395. The third-order valence-electron chi connectivity index (χ3n) is 8.57. The third-order valence-corrected chi connectivity index (χ3v) is 8.57. The lowest BCUT2D eigenvalue weighted by atomic mass is 10.0. The number of hydrogen-bond acceptors (Lipinski definition) is 4. The molecule has 0 aromatic carbocycles. The zero-order valence-corrected chi connectivity index (χ0v) is 29.6. The fourth-order valence-corrected chi connectivity index (χ4v) is 5.62. The lowest BCUT2D eigenvalue weighted by Gasteiger charge is -2.03. The second-order valence-electron chi connectivity index (χ2n) is 13.0. The molecule has 0 saturated carbocycles. The molecule has 0 atom stereocenters. The fourth-order valence-electron chi connectivity index (χ4n) is 5.62. The molecule has 0 radical (unpaired) electrons. The topological polar surface area (TPSA) is 52.6 Å². The summed E-state index contributed by atoms with van der Waals surface area (Å²) in [7, 11) is 0. The van der Waals surface area contributed by atoms with Gasteiger partial charge in [-0.3, -0.25) is 9.59 Å². The molecule has 0 spiro atoms. The normalized spacial score (nSPS) is 11.3.